The van der Waals surface area contributed by atoms with Crippen LogP contribution in [0.4, 0.5) is 0 Å². The number of rotatable bonds is 4. The molecule has 0 aliphatic heterocycles. The van der Waals surface area contributed by atoms with E-state index >= 15 is 0 Å². The number of carboxylic acid groups (broad SMARTS) is 2. The molecule has 0 unspecified atom stereocenters. The molecule has 0 aromatic rings. The first-order valence-electron chi connectivity index (χ1n) is 3.36. The van der Waals surface area contributed by atoms with Gasteiger partial charge in [0.05, 0.1) is 13.2 Å². The molecule has 0 bridgehead atoms. The zero-order valence-electron chi connectivity index (χ0n) is 9.57. The Bertz CT molecular complexity index is 229. The fraction of sp³-hybridized carbons (Fsp3) is 0.333. The van der Waals surface area contributed by atoms with Crippen molar-refractivity contribution >= 4 is 46.8 Å². The summed E-state index contributed by atoms with van der Waals surface area (Å²) < 4.78 is 7.76. The van der Waals surface area contributed by atoms with E-state index in [1.54, 1.807) is 0 Å². The standard InChI is InChI=1S/2C3H4O4S.2Na/c2*4-2(5)1-7-3(6)8;;/h2*1H2,(H,4,5)(H,6,8);;/q;;2*+1/p-2. The van der Waals surface area contributed by atoms with E-state index in [-0.39, 0.29) is 59.1 Å². The number of hydrogen-bond acceptors (Lipinski definition) is 8. The van der Waals surface area contributed by atoms with Crippen LogP contribution in [-0.4, -0.2) is 45.8 Å². The van der Waals surface area contributed by atoms with Gasteiger partial charge < -0.3 is 29.9 Å². The Balaban J connectivity index is -0.0000000980. The first kappa shape index (κ1) is 26.8. The van der Waals surface area contributed by atoms with Crippen LogP contribution in [0, 0.1) is 0 Å². The molecule has 0 heterocycles. The first-order chi connectivity index (χ1) is 7.25. The molecule has 0 atom stereocenters. The molecule has 92 valence electrons. The van der Waals surface area contributed by atoms with Crippen LogP contribution in [0.15, 0.2) is 0 Å². The average molecular weight is 316 g/mol. The smallest absolute Gasteiger partial charge is 0.594 e. The molecule has 0 rings (SSSR count). The van der Waals surface area contributed by atoms with E-state index in [2.05, 4.69) is 33.9 Å². The van der Waals surface area contributed by atoms with Gasteiger partial charge in [0.2, 0.25) is 0 Å². The molecule has 0 fully saturated rings. The van der Waals surface area contributed by atoms with E-state index in [0.717, 1.165) is 0 Å². The minimum atomic E-state index is -1.21. The maximum absolute atomic E-state index is 9.68. The van der Waals surface area contributed by atoms with Crippen molar-refractivity contribution in [2.24, 2.45) is 0 Å². The molecule has 0 radical (unpaired) electrons. The maximum Gasteiger partial charge on any atom is 1.00 e. The Hall–Kier alpha value is 0.320. The van der Waals surface area contributed by atoms with Crippen LogP contribution in [0.3, 0.4) is 0 Å². The topological polar surface area (TPSA) is 139 Å². The molecule has 0 aliphatic carbocycles. The summed E-state index contributed by atoms with van der Waals surface area (Å²) in [4.78, 5) is 19.2. The summed E-state index contributed by atoms with van der Waals surface area (Å²) in [5.41, 5.74) is 0. The zero-order valence-corrected chi connectivity index (χ0v) is 15.2. The SMILES string of the molecule is O=C(O)COC([O-])=S.O=C(O)COC([O-])=S.[Na+].[Na+]. The van der Waals surface area contributed by atoms with Crippen molar-refractivity contribution < 1.29 is 98.6 Å². The van der Waals surface area contributed by atoms with Crippen LogP contribution in [0.2, 0.25) is 0 Å². The molecule has 2 N–H and O–H groups in total. The number of aliphatic carboxylic acids is 2. The van der Waals surface area contributed by atoms with E-state index in [0.29, 0.717) is 0 Å². The van der Waals surface area contributed by atoms with Gasteiger partial charge in [0.15, 0.2) is 0 Å². The van der Waals surface area contributed by atoms with Gasteiger partial charge in [-0.05, 0) is 0 Å². The van der Waals surface area contributed by atoms with Gasteiger partial charge in [-0.2, -0.15) is 0 Å². The molecule has 0 saturated carbocycles. The molecule has 0 amide bonds. The summed E-state index contributed by atoms with van der Waals surface area (Å²) >= 11 is 7.75. The van der Waals surface area contributed by atoms with E-state index in [9.17, 15) is 19.8 Å². The Labute approximate surface area is 157 Å². The molecule has 18 heavy (non-hydrogen) atoms. The van der Waals surface area contributed by atoms with Crippen LogP contribution in [0.1, 0.15) is 0 Å². The van der Waals surface area contributed by atoms with Gasteiger partial charge in [-0.1, -0.05) is 24.4 Å². The average Bonchev–Trinajstić information content (AvgIpc) is 2.12. The van der Waals surface area contributed by atoms with Gasteiger partial charge in [0.25, 0.3) is 0 Å². The Morgan fingerprint density at radius 1 is 0.889 bits per heavy atom. The second-order valence-electron chi connectivity index (χ2n) is 1.86. The Kier molecular flexibility index (Phi) is 25.8. The predicted molar refractivity (Wildman–Crippen MR) is 52.4 cm³/mol. The Morgan fingerprint density at radius 2 is 1.11 bits per heavy atom. The van der Waals surface area contributed by atoms with E-state index in [1.165, 1.54) is 0 Å². The van der Waals surface area contributed by atoms with Gasteiger partial charge in [0, 0.05) is 0 Å². The zero-order chi connectivity index (χ0) is 13.1. The molecule has 0 aromatic carbocycles. The van der Waals surface area contributed by atoms with Gasteiger partial charge in [0.1, 0.15) is 10.5 Å². The third kappa shape index (κ3) is 36.0. The molecular formula is C6H6Na2O8S2. The van der Waals surface area contributed by atoms with Crippen molar-refractivity contribution in [2.75, 3.05) is 13.2 Å². The Morgan fingerprint density at radius 3 is 1.17 bits per heavy atom. The fourth-order valence-electron chi connectivity index (χ4n) is 0.241. The second kappa shape index (κ2) is 17.3. The van der Waals surface area contributed by atoms with Crippen LogP contribution in [-0.2, 0) is 19.1 Å². The summed E-state index contributed by atoms with van der Waals surface area (Å²) in [6.45, 7) is -1.30. The summed E-state index contributed by atoms with van der Waals surface area (Å²) in [6.07, 6.45) is 0. The number of ether oxygens (including phenoxy) is 2. The molecule has 0 aromatic heterocycles. The summed E-state index contributed by atoms with van der Waals surface area (Å²) in [7, 11) is 0. The second-order valence-corrected chi connectivity index (χ2v) is 2.53. The number of thiocarbonyl (C=S) groups is 2. The van der Waals surface area contributed by atoms with Gasteiger partial charge >= 0.3 is 71.1 Å². The van der Waals surface area contributed by atoms with Gasteiger partial charge in [-0.25, -0.2) is 0 Å². The van der Waals surface area contributed by atoms with E-state index in [1.807, 2.05) is 0 Å². The van der Waals surface area contributed by atoms with Crippen LogP contribution in [0.25, 0.3) is 0 Å². The summed E-state index contributed by atoms with van der Waals surface area (Å²) in [5, 5.41) is 33.0. The number of hydrogen-bond donors (Lipinski definition) is 2. The normalized spacial score (nSPS) is 7.11. The van der Waals surface area contributed by atoms with Crippen molar-refractivity contribution in [2.45, 2.75) is 0 Å². The van der Waals surface area contributed by atoms with Crippen LogP contribution in [0.5, 0.6) is 0 Å². The minimum Gasteiger partial charge on any atom is -0.594 e. The summed E-state index contributed by atoms with van der Waals surface area (Å²) in [5.74, 6) is -2.41. The van der Waals surface area contributed by atoms with Gasteiger partial charge in [-0.15, -0.1) is 0 Å². The molecule has 0 aliphatic rings. The van der Waals surface area contributed by atoms with Crippen molar-refractivity contribution in [3.8, 4) is 0 Å². The summed E-state index contributed by atoms with van der Waals surface area (Å²) in [6, 6.07) is 0. The number of carboxylic acids is 2. The maximum atomic E-state index is 9.68. The third-order valence-corrected chi connectivity index (χ3v) is 0.863. The fourth-order valence-corrected chi connectivity index (χ4v) is 0.359. The third-order valence-electron chi connectivity index (χ3n) is 0.627. The molecule has 8 nitrogen and oxygen atoms in total. The first-order valence-corrected chi connectivity index (χ1v) is 4.18. The van der Waals surface area contributed by atoms with E-state index in [4.69, 9.17) is 10.2 Å². The molecular weight excluding hydrogens is 310 g/mol. The molecule has 12 heteroatoms. The van der Waals surface area contributed by atoms with Crippen molar-refractivity contribution in [3.05, 3.63) is 0 Å². The van der Waals surface area contributed by atoms with Gasteiger partial charge in [-0.3, -0.25) is 9.59 Å². The number of carbonyl (C=O) groups is 2. The van der Waals surface area contributed by atoms with Crippen molar-refractivity contribution in [1.82, 2.24) is 0 Å². The van der Waals surface area contributed by atoms with Crippen LogP contribution >= 0.6 is 24.4 Å². The predicted octanol–water partition coefficient (Wildman–Crippen LogP) is -8.53. The largest absolute Gasteiger partial charge is 1.00 e. The van der Waals surface area contributed by atoms with Crippen molar-refractivity contribution in [3.63, 3.8) is 0 Å². The quantitative estimate of drug-likeness (QED) is 0.379. The minimum absolute atomic E-state index is 0. The van der Waals surface area contributed by atoms with Crippen molar-refractivity contribution in [1.29, 1.82) is 0 Å². The molecule has 0 saturated heterocycles. The van der Waals surface area contributed by atoms with E-state index < -0.39 is 35.6 Å². The van der Waals surface area contributed by atoms with Crippen LogP contribution < -0.4 is 69.3 Å². The molecule has 0 spiro atoms. The monoisotopic (exact) mass is 316 g/mol.